The summed E-state index contributed by atoms with van der Waals surface area (Å²) in [6, 6.07) is 7.98. The molecular weight excluding hydrogens is 228 g/mol. The predicted octanol–water partition coefficient (Wildman–Crippen LogP) is 2.74. The van der Waals surface area contributed by atoms with E-state index in [2.05, 4.69) is 11.9 Å². The Balaban J connectivity index is 2.42. The van der Waals surface area contributed by atoms with Crippen LogP contribution in [0.25, 0.3) is 11.3 Å². The van der Waals surface area contributed by atoms with Crippen LogP contribution in [0.15, 0.2) is 30.6 Å². The summed E-state index contributed by atoms with van der Waals surface area (Å²) in [5.74, 6) is -0.997. The van der Waals surface area contributed by atoms with Crippen molar-refractivity contribution in [3.8, 4) is 11.3 Å². The first kappa shape index (κ1) is 12.4. The standard InChI is InChI=1S/C14H16N2O2/c1-3-4-10-5-7-11(8-6-10)13-12(14(17)18)15-9-16(13)2/h5-9H,3-4H2,1-2H3,(H,17,18). The quantitative estimate of drug-likeness (QED) is 0.899. The zero-order valence-corrected chi connectivity index (χ0v) is 10.6. The Bertz CT molecular complexity index is 556. The lowest BCUT2D eigenvalue weighted by molar-refractivity contribution is 0.0692. The second-order valence-electron chi connectivity index (χ2n) is 4.30. The van der Waals surface area contributed by atoms with Crippen molar-refractivity contribution in [1.82, 2.24) is 9.55 Å². The SMILES string of the molecule is CCCc1ccc(-c2c(C(=O)O)ncn2C)cc1. The van der Waals surface area contributed by atoms with Crippen LogP contribution in [0.3, 0.4) is 0 Å². The van der Waals surface area contributed by atoms with Crippen LogP contribution in [0.4, 0.5) is 0 Å². The van der Waals surface area contributed by atoms with Crippen molar-refractivity contribution in [3.05, 3.63) is 41.9 Å². The van der Waals surface area contributed by atoms with Gasteiger partial charge in [-0.1, -0.05) is 37.6 Å². The minimum absolute atomic E-state index is 0.0979. The van der Waals surface area contributed by atoms with Crippen LogP contribution in [0, 0.1) is 0 Å². The molecular formula is C14H16N2O2. The molecule has 0 radical (unpaired) electrons. The molecule has 0 unspecified atom stereocenters. The Morgan fingerprint density at radius 2 is 2.00 bits per heavy atom. The molecule has 0 spiro atoms. The maximum Gasteiger partial charge on any atom is 0.356 e. The minimum Gasteiger partial charge on any atom is -0.476 e. The van der Waals surface area contributed by atoms with Gasteiger partial charge in [-0.2, -0.15) is 0 Å². The normalized spacial score (nSPS) is 10.6. The van der Waals surface area contributed by atoms with E-state index in [-0.39, 0.29) is 5.69 Å². The highest BCUT2D eigenvalue weighted by atomic mass is 16.4. The minimum atomic E-state index is -0.997. The van der Waals surface area contributed by atoms with E-state index in [0.29, 0.717) is 5.69 Å². The molecule has 0 atom stereocenters. The van der Waals surface area contributed by atoms with Gasteiger partial charge in [0.25, 0.3) is 0 Å². The van der Waals surface area contributed by atoms with E-state index in [9.17, 15) is 4.79 Å². The van der Waals surface area contributed by atoms with Crippen molar-refractivity contribution in [2.75, 3.05) is 0 Å². The summed E-state index contributed by atoms with van der Waals surface area (Å²) in [5, 5.41) is 9.10. The molecule has 18 heavy (non-hydrogen) atoms. The molecule has 0 saturated heterocycles. The molecule has 2 aromatic rings. The van der Waals surface area contributed by atoms with Crippen molar-refractivity contribution in [2.45, 2.75) is 19.8 Å². The summed E-state index contributed by atoms with van der Waals surface area (Å²) >= 11 is 0. The van der Waals surface area contributed by atoms with Crippen LogP contribution in [0.1, 0.15) is 29.4 Å². The number of hydrogen-bond donors (Lipinski definition) is 1. The molecule has 0 saturated carbocycles. The maximum atomic E-state index is 11.1. The highest BCUT2D eigenvalue weighted by Crippen LogP contribution is 2.23. The van der Waals surface area contributed by atoms with E-state index in [4.69, 9.17) is 5.11 Å². The molecule has 1 heterocycles. The largest absolute Gasteiger partial charge is 0.476 e. The number of carboxylic acids is 1. The molecule has 0 fully saturated rings. The lowest BCUT2D eigenvalue weighted by Gasteiger charge is -2.05. The molecule has 0 amide bonds. The Morgan fingerprint density at radius 3 is 2.56 bits per heavy atom. The second-order valence-corrected chi connectivity index (χ2v) is 4.30. The smallest absolute Gasteiger partial charge is 0.356 e. The summed E-state index contributed by atoms with van der Waals surface area (Å²) in [6.07, 6.45) is 3.67. The van der Waals surface area contributed by atoms with E-state index < -0.39 is 5.97 Å². The van der Waals surface area contributed by atoms with Crippen LogP contribution in [-0.4, -0.2) is 20.6 Å². The Morgan fingerprint density at radius 1 is 1.33 bits per heavy atom. The Hall–Kier alpha value is -2.10. The van der Waals surface area contributed by atoms with Gasteiger partial charge in [0.05, 0.1) is 12.0 Å². The van der Waals surface area contributed by atoms with E-state index >= 15 is 0 Å². The number of rotatable bonds is 4. The van der Waals surface area contributed by atoms with Crippen molar-refractivity contribution < 1.29 is 9.90 Å². The fourth-order valence-corrected chi connectivity index (χ4v) is 2.05. The van der Waals surface area contributed by atoms with E-state index in [1.165, 1.54) is 11.9 Å². The van der Waals surface area contributed by atoms with Crippen LogP contribution in [0.5, 0.6) is 0 Å². The van der Waals surface area contributed by atoms with Gasteiger partial charge in [-0.05, 0) is 12.0 Å². The first-order chi connectivity index (χ1) is 8.63. The molecule has 0 aliphatic rings. The van der Waals surface area contributed by atoms with Gasteiger partial charge in [0, 0.05) is 12.6 Å². The van der Waals surface area contributed by atoms with Gasteiger partial charge in [-0.25, -0.2) is 9.78 Å². The summed E-state index contributed by atoms with van der Waals surface area (Å²) in [7, 11) is 1.80. The van der Waals surface area contributed by atoms with Crippen LogP contribution in [0.2, 0.25) is 0 Å². The molecule has 2 rings (SSSR count). The molecule has 94 valence electrons. The first-order valence-electron chi connectivity index (χ1n) is 5.97. The van der Waals surface area contributed by atoms with Gasteiger partial charge in [0.2, 0.25) is 0 Å². The number of aromatic carboxylic acids is 1. The van der Waals surface area contributed by atoms with E-state index in [0.717, 1.165) is 18.4 Å². The molecule has 4 nitrogen and oxygen atoms in total. The molecule has 1 aromatic heterocycles. The zero-order valence-electron chi connectivity index (χ0n) is 10.6. The van der Waals surface area contributed by atoms with E-state index in [1.54, 1.807) is 11.6 Å². The average molecular weight is 244 g/mol. The number of aromatic nitrogens is 2. The van der Waals surface area contributed by atoms with Gasteiger partial charge in [-0.3, -0.25) is 0 Å². The summed E-state index contributed by atoms with van der Waals surface area (Å²) in [5.41, 5.74) is 2.89. The number of carboxylic acid groups (broad SMARTS) is 1. The number of aryl methyl sites for hydroxylation is 2. The zero-order chi connectivity index (χ0) is 13.1. The molecule has 1 N–H and O–H groups in total. The first-order valence-corrected chi connectivity index (χ1v) is 5.97. The highest BCUT2D eigenvalue weighted by molar-refractivity contribution is 5.92. The summed E-state index contributed by atoms with van der Waals surface area (Å²) < 4.78 is 1.73. The molecule has 0 bridgehead atoms. The fraction of sp³-hybridized carbons (Fsp3) is 0.286. The van der Waals surface area contributed by atoms with Crippen LogP contribution >= 0.6 is 0 Å². The number of hydrogen-bond acceptors (Lipinski definition) is 2. The summed E-state index contributed by atoms with van der Waals surface area (Å²) in [4.78, 5) is 15.0. The lowest BCUT2D eigenvalue weighted by atomic mass is 10.0. The van der Waals surface area contributed by atoms with Crippen molar-refractivity contribution >= 4 is 5.97 Å². The average Bonchev–Trinajstić information content (AvgIpc) is 2.73. The van der Waals surface area contributed by atoms with Gasteiger partial charge in [0.1, 0.15) is 0 Å². The number of imidazole rings is 1. The fourth-order valence-electron chi connectivity index (χ4n) is 2.05. The lowest BCUT2D eigenvalue weighted by Crippen LogP contribution is -2.01. The predicted molar refractivity (Wildman–Crippen MR) is 69.6 cm³/mol. The molecule has 0 aliphatic carbocycles. The van der Waals surface area contributed by atoms with Gasteiger partial charge >= 0.3 is 5.97 Å². The topological polar surface area (TPSA) is 55.1 Å². The van der Waals surface area contributed by atoms with Crippen molar-refractivity contribution in [2.24, 2.45) is 7.05 Å². The van der Waals surface area contributed by atoms with Gasteiger partial charge in [-0.15, -0.1) is 0 Å². The third-order valence-electron chi connectivity index (χ3n) is 2.91. The van der Waals surface area contributed by atoms with Gasteiger partial charge in [0.15, 0.2) is 5.69 Å². The number of carbonyl (C=O) groups is 1. The highest BCUT2D eigenvalue weighted by Gasteiger charge is 2.16. The Kier molecular flexibility index (Phi) is 3.46. The molecule has 1 aromatic carbocycles. The second kappa shape index (κ2) is 5.04. The summed E-state index contributed by atoms with van der Waals surface area (Å²) in [6.45, 7) is 2.14. The van der Waals surface area contributed by atoms with Crippen molar-refractivity contribution in [3.63, 3.8) is 0 Å². The Labute approximate surface area is 106 Å². The van der Waals surface area contributed by atoms with Crippen LogP contribution < -0.4 is 0 Å². The maximum absolute atomic E-state index is 11.1. The third kappa shape index (κ3) is 2.27. The monoisotopic (exact) mass is 244 g/mol. The van der Waals surface area contributed by atoms with Crippen molar-refractivity contribution in [1.29, 1.82) is 0 Å². The van der Waals surface area contributed by atoms with E-state index in [1.807, 2.05) is 24.3 Å². The van der Waals surface area contributed by atoms with Gasteiger partial charge < -0.3 is 9.67 Å². The number of nitrogens with zero attached hydrogens (tertiary/aromatic N) is 2. The molecule has 0 aliphatic heterocycles. The number of benzene rings is 1. The van der Waals surface area contributed by atoms with Crippen LogP contribution in [-0.2, 0) is 13.5 Å². The third-order valence-corrected chi connectivity index (χ3v) is 2.91. The molecule has 4 heteroatoms.